The molecule has 21 heavy (non-hydrogen) atoms. The number of aliphatic carboxylic acids is 1. The Morgan fingerprint density at radius 1 is 1.19 bits per heavy atom. The van der Waals surface area contributed by atoms with Crippen LogP contribution in [-0.2, 0) is 9.59 Å². The van der Waals surface area contributed by atoms with E-state index in [0.29, 0.717) is 18.4 Å². The monoisotopic (exact) mass is 291 g/mol. The predicted octanol–water partition coefficient (Wildman–Crippen LogP) is 2.60. The fourth-order valence-corrected chi connectivity index (χ4v) is 2.58. The first kappa shape index (κ1) is 15.2. The first-order valence-corrected chi connectivity index (χ1v) is 7.03. The lowest BCUT2D eigenvalue weighted by molar-refractivity contribution is -0.144. The summed E-state index contributed by atoms with van der Waals surface area (Å²) in [5, 5.41) is 11.9. The molecule has 1 aromatic carbocycles. The molecule has 0 aliphatic heterocycles. The minimum atomic E-state index is -0.859. The number of nitrogens with one attached hydrogen (secondary N) is 1. The van der Waals surface area contributed by atoms with Gasteiger partial charge in [0.15, 0.2) is 0 Å². The third-order valence-corrected chi connectivity index (χ3v) is 3.71. The highest BCUT2D eigenvalue weighted by molar-refractivity contribution is 5.92. The molecule has 1 amide bonds. The SMILES string of the molecule is O=C(C=Cc1ccc(F)cc1)NC1CCCCC1C(=O)O. The van der Waals surface area contributed by atoms with Gasteiger partial charge < -0.3 is 10.4 Å². The van der Waals surface area contributed by atoms with Gasteiger partial charge in [-0.15, -0.1) is 0 Å². The Labute approximate surface area is 122 Å². The highest BCUT2D eigenvalue weighted by atomic mass is 19.1. The zero-order chi connectivity index (χ0) is 15.2. The van der Waals surface area contributed by atoms with Gasteiger partial charge in [-0.2, -0.15) is 0 Å². The van der Waals surface area contributed by atoms with Gasteiger partial charge in [0.2, 0.25) is 5.91 Å². The number of hydrogen-bond donors (Lipinski definition) is 2. The number of carbonyl (C=O) groups excluding carboxylic acids is 1. The largest absolute Gasteiger partial charge is 0.481 e. The number of benzene rings is 1. The maximum Gasteiger partial charge on any atom is 0.308 e. The summed E-state index contributed by atoms with van der Waals surface area (Å²) in [6, 6.07) is 5.46. The summed E-state index contributed by atoms with van der Waals surface area (Å²) < 4.78 is 12.8. The van der Waals surface area contributed by atoms with Crippen LogP contribution in [0.1, 0.15) is 31.2 Å². The molecule has 0 bridgehead atoms. The second-order valence-corrected chi connectivity index (χ2v) is 5.23. The van der Waals surface area contributed by atoms with Crippen molar-refractivity contribution >= 4 is 18.0 Å². The van der Waals surface area contributed by atoms with E-state index in [2.05, 4.69) is 5.32 Å². The Kier molecular flexibility index (Phi) is 5.09. The van der Waals surface area contributed by atoms with E-state index in [4.69, 9.17) is 5.11 Å². The maximum atomic E-state index is 12.8. The van der Waals surface area contributed by atoms with Crippen molar-refractivity contribution in [2.45, 2.75) is 31.7 Å². The average Bonchev–Trinajstić information content (AvgIpc) is 2.47. The van der Waals surface area contributed by atoms with Gasteiger partial charge in [0.1, 0.15) is 5.82 Å². The molecule has 1 aromatic rings. The topological polar surface area (TPSA) is 66.4 Å². The molecule has 0 heterocycles. The van der Waals surface area contributed by atoms with Crippen LogP contribution in [0.4, 0.5) is 4.39 Å². The van der Waals surface area contributed by atoms with Gasteiger partial charge in [0.05, 0.1) is 5.92 Å². The number of hydrogen-bond acceptors (Lipinski definition) is 2. The number of halogens is 1. The Morgan fingerprint density at radius 3 is 2.52 bits per heavy atom. The molecule has 2 atom stereocenters. The van der Waals surface area contributed by atoms with E-state index >= 15 is 0 Å². The van der Waals surface area contributed by atoms with Crippen LogP contribution in [0.15, 0.2) is 30.3 Å². The van der Waals surface area contributed by atoms with Crippen molar-refractivity contribution in [2.75, 3.05) is 0 Å². The average molecular weight is 291 g/mol. The molecule has 2 N–H and O–H groups in total. The molecule has 1 fully saturated rings. The molecule has 5 heteroatoms. The van der Waals surface area contributed by atoms with Crippen molar-refractivity contribution in [1.29, 1.82) is 0 Å². The molecule has 1 aliphatic carbocycles. The quantitative estimate of drug-likeness (QED) is 0.838. The van der Waals surface area contributed by atoms with Crippen molar-refractivity contribution < 1.29 is 19.1 Å². The summed E-state index contributed by atoms with van der Waals surface area (Å²) in [7, 11) is 0. The number of carboxylic acid groups (broad SMARTS) is 1. The Balaban J connectivity index is 1.94. The molecule has 1 saturated carbocycles. The summed E-state index contributed by atoms with van der Waals surface area (Å²) >= 11 is 0. The molecule has 0 aromatic heterocycles. The normalized spacial score (nSPS) is 22.1. The minimum absolute atomic E-state index is 0.318. The molecule has 2 rings (SSSR count). The lowest BCUT2D eigenvalue weighted by atomic mass is 9.84. The molecule has 0 radical (unpaired) electrons. The molecule has 0 saturated heterocycles. The smallest absolute Gasteiger partial charge is 0.308 e. The second-order valence-electron chi connectivity index (χ2n) is 5.23. The van der Waals surface area contributed by atoms with Gasteiger partial charge >= 0.3 is 5.97 Å². The Morgan fingerprint density at radius 2 is 1.86 bits per heavy atom. The van der Waals surface area contributed by atoms with Crippen LogP contribution in [0.25, 0.3) is 6.08 Å². The molecule has 0 spiro atoms. The van der Waals surface area contributed by atoms with Crippen LogP contribution < -0.4 is 5.32 Å². The Hall–Kier alpha value is -2.17. The van der Waals surface area contributed by atoms with Crippen LogP contribution in [-0.4, -0.2) is 23.0 Å². The summed E-state index contributed by atoms with van der Waals surface area (Å²) in [5.74, 6) is -2.02. The molecule has 4 nitrogen and oxygen atoms in total. The first-order chi connectivity index (χ1) is 10.1. The van der Waals surface area contributed by atoms with Gasteiger partial charge in [-0.05, 0) is 36.6 Å². The zero-order valence-electron chi connectivity index (χ0n) is 11.6. The van der Waals surface area contributed by atoms with Crippen LogP contribution in [0.3, 0.4) is 0 Å². The van der Waals surface area contributed by atoms with Crippen molar-refractivity contribution in [2.24, 2.45) is 5.92 Å². The third-order valence-electron chi connectivity index (χ3n) is 3.71. The van der Waals surface area contributed by atoms with E-state index < -0.39 is 11.9 Å². The van der Waals surface area contributed by atoms with Crippen LogP contribution >= 0.6 is 0 Å². The molecule has 1 aliphatic rings. The van der Waals surface area contributed by atoms with Crippen LogP contribution in [0.2, 0.25) is 0 Å². The summed E-state index contributed by atoms with van der Waals surface area (Å²) in [6.07, 6.45) is 6.02. The van der Waals surface area contributed by atoms with Crippen LogP contribution in [0.5, 0.6) is 0 Å². The fourth-order valence-electron chi connectivity index (χ4n) is 2.58. The first-order valence-electron chi connectivity index (χ1n) is 7.03. The predicted molar refractivity (Wildman–Crippen MR) is 77.0 cm³/mol. The second kappa shape index (κ2) is 7.02. The van der Waals surface area contributed by atoms with E-state index in [0.717, 1.165) is 12.8 Å². The molecular formula is C16H18FNO3. The van der Waals surface area contributed by atoms with E-state index in [-0.39, 0.29) is 17.8 Å². The van der Waals surface area contributed by atoms with E-state index in [1.54, 1.807) is 18.2 Å². The summed E-state index contributed by atoms with van der Waals surface area (Å²) in [6.45, 7) is 0. The number of rotatable bonds is 4. The Bertz CT molecular complexity index is 539. The van der Waals surface area contributed by atoms with Gasteiger partial charge in [-0.3, -0.25) is 9.59 Å². The zero-order valence-corrected chi connectivity index (χ0v) is 11.6. The van der Waals surface area contributed by atoms with E-state index in [1.165, 1.54) is 18.2 Å². The van der Waals surface area contributed by atoms with Gasteiger partial charge in [-0.1, -0.05) is 25.0 Å². The van der Waals surface area contributed by atoms with Gasteiger partial charge in [-0.25, -0.2) is 4.39 Å². The number of carbonyl (C=O) groups is 2. The molecule has 2 unspecified atom stereocenters. The number of amides is 1. The third kappa shape index (κ3) is 4.41. The lowest BCUT2D eigenvalue weighted by Crippen LogP contribution is -2.44. The summed E-state index contributed by atoms with van der Waals surface area (Å²) in [4.78, 5) is 23.0. The fraction of sp³-hybridized carbons (Fsp3) is 0.375. The summed E-state index contributed by atoms with van der Waals surface area (Å²) in [5.41, 5.74) is 0.713. The highest BCUT2D eigenvalue weighted by Gasteiger charge is 2.31. The van der Waals surface area contributed by atoms with Crippen molar-refractivity contribution in [3.63, 3.8) is 0 Å². The minimum Gasteiger partial charge on any atom is -0.481 e. The van der Waals surface area contributed by atoms with Gasteiger partial charge in [0.25, 0.3) is 0 Å². The molecular weight excluding hydrogens is 273 g/mol. The molecule has 112 valence electrons. The highest BCUT2D eigenvalue weighted by Crippen LogP contribution is 2.24. The number of carboxylic acids is 1. The maximum absolute atomic E-state index is 12.8. The van der Waals surface area contributed by atoms with Crippen molar-refractivity contribution in [3.8, 4) is 0 Å². The standard InChI is InChI=1S/C16H18FNO3/c17-12-8-5-11(6-9-12)7-10-15(19)18-14-4-2-1-3-13(14)16(20)21/h5-10,13-14H,1-4H2,(H,18,19)(H,20,21). The van der Waals surface area contributed by atoms with Crippen molar-refractivity contribution in [1.82, 2.24) is 5.32 Å². The van der Waals surface area contributed by atoms with Crippen molar-refractivity contribution in [3.05, 3.63) is 41.7 Å². The van der Waals surface area contributed by atoms with E-state index in [9.17, 15) is 14.0 Å². The van der Waals surface area contributed by atoms with Gasteiger partial charge in [0, 0.05) is 12.1 Å². The van der Waals surface area contributed by atoms with Crippen LogP contribution in [0, 0.1) is 11.7 Å². The van der Waals surface area contributed by atoms with E-state index in [1.807, 2.05) is 0 Å². The lowest BCUT2D eigenvalue weighted by Gasteiger charge is -2.28.